The van der Waals surface area contributed by atoms with Crippen LogP contribution in [0.1, 0.15) is 12.5 Å². The van der Waals surface area contributed by atoms with Crippen molar-refractivity contribution in [2.75, 3.05) is 11.9 Å². The molecule has 0 aliphatic heterocycles. The summed E-state index contributed by atoms with van der Waals surface area (Å²) in [6, 6.07) is 10.9. The summed E-state index contributed by atoms with van der Waals surface area (Å²) in [7, 11) is 0. The van der Waals surface area contributed by atoms with Gasteiger partial charge in [0.05, 0.1) is 0 Å². The first kappa shape index (κ1) is 16.2. The van der Waals surface area contributed by atoms with Crippen LogP contribution in [-0.4, -0.2) is 28.2 Å². The van der Waals surface area contributed by atoms with E-state index >= 15 is 0 Å². The van der Waals surface area contributed by atoms with Gasteiger partial charge in [-0.1, -0.05) is 15.9 Å². The molecule has 2 amide bonds. The highest BCUT2D eigenvalue weighted by atomic mass is 79.9. The first-order valence-electron chi connectivity index (χ1n) is 6.74. The molecule has 0 saturated heterocycles. The second-order valence-corrected chi connectivity index (χ2v) is 5.70. The molecule has 0 aliphatic carbocycles. The van der Waals surface area contributed by atoms with Crippen LogP contribution in [0, 0.1) is 0 Å². The van der Waals surface area contributed by atoms with Gasteiger partial charge in [0.2, 0.25) is 11.8 Å². The number of aromatic nitrogens is 1. The molecule has 5 nitrogen and oxygen atoms in total. The van der Waals surface area contributed by atoms with Crippen molar-refractivity contribution in [3.8, 4) is 0 Å². The van der Waals surface area contributed by atoms with Crippen molar-refractivity contribution in [2.45, 2.75) is 13.5 Å². The van der Waals surface area contributed by atoms with E-state index in [0.29, 0.717) is 12.2 Å². The van der Waals surface area contributed by atoms with Crippen molar-refractivity contribution in [1.82, 2.24) is 9.88 Å². The van der Waals surface area contributed by atoms with E-state index in [-0.39, 0.29) is 18.4 Å². The molecule has 0 saturated carbocycles. The number of nitrogens with one attached hydrogen (secondary N) is 1. The van der Waals surface area contributed by atoms with Crippen LogP contribution in [-0.2, 0) is 16.1 Å². The second kappa shape index (κ2) is 7.70. The maximum atomic E-state index is 12.1. The third-order valence-corrected chi connectivity index (χ3v) is 3.56. The monoisotopic (exact) mass is 361 g/mol. The zero-order valence-corrected chi connectivity index (χ0v) is 13.7. The maximum absolute atomic E-state index is 12.1. The number of hydrogen-bond donors (Lipinski definition) is 1. The Bertz CT molecular complexity index is 644. The Balaban J connectivity index is 1.97. The summed E-state index contributed by atoms with van der Waals surface area (Å²) in [6.07, 6.45) is 3.32. The van der Waals surface area contributed by atoms with Crippen LogP contribution in [0.25, 0.3) is 0 Å². The number of amides is 2. The Labute approximate surface area is 137 Å². The highest BCUT2D eigenvalue weighted by Crippen LogP contribution is 2.14. The lowest BCUT2D eigenvalue weighted by Crippen LogP contribution is -2.36. The van der Waals surface area contributed by atoms with Crippen molar-refractivity contribution in [1.29, 1.82) is 0 Å². The molecule has 0 atom stereocenters. The van der Waals surface area contributed by atoms with Crippen molar-refractivity contribution in [2.24, 2.45) is 0 Å². The number of halogens is 1. The lowest BCUT2D eigenvalue weighted by Gasteiger charge is -2.20. The fourth-order valence-corrected chi connectivity index (χ4v) is 2.16. The van der Waals surface area contributed by atoms with E-state index in [4.69, 9.17) is 0 Å². The molecular weight excluding hydrogens is 346 g/mol. The Morgan fingerprint density at radius 3 is 2.36 bits per heavy atom. The molecule has 1 aromatic heterocycles. The Morgan fingerprint density at radius 1 is 1.14 bits per heavy atom. The van der Waals surface area contributed by atoms with E-state index in [1.165, 1.54) is 11.8 Å². The largest absolute Gasteiger partial charge is 0.329 e. The van der Waals surface area contributed by atoms with Crippen molar-refractivity contribution < 1.29 is 9.59 Å². The zero-order valence-electron chi connectivity index (χ0n) is 12.1. The van der Waals surface area contributed by atoms with Crippen molar-refractivity contribution >= 4 is 33.4 Å². The van der Waals surface area contributed by atoms with Crippen LogP contribution < -0.4 is 5.32 Å². The molecule has 0 radical (unpaired) electrons. The highest BCUT2D eigenvalue weighted by Gasteiger charge is 2.14. The van der Waals surface area contributed by atoms with Crippen LogP contribution in [0.5, 0.6) is 0 Å². The van der Waals surface area contributed by atoms with E-state index in [9.17, 15) is 9.59 Å². The quantitative estimate of drug-likeness (QED) is 0.890. The molecule has 114 valence electrons. The van der Waals surface area contributed by atoms with Crippen LogP contribution in [0.2, 0.25) is 0 Å². The molecule has 1 N–H and O–H groups in total. The standard InChI is InChI=1S/C16H16BrN3O2/c1-12(21)20(10-13-6-8-18-9-7-13)11-16(22)19-15-4-2-14(17)3-5-15/h2-9H,10-11H2,1H3,(H,19,22). The third-order valence-electron chi connectivity index (χ3n) is 3.03. The smallest absolute Gasteiger partial charge is 0.244 e. The van der Waals surface area contributed by atoms with Gasteiger partial charge < -0.3 is 10.2 Å². The fourth-order valence-electron chi connectivity index (χ4n) is 1.89. The number of hydrogen-bond acceptors (Lipinski definition) is 3. The predicted molar refractivity (Wildman–Crippen MR) is 88.1 cm³/mol. The summed E-state index contributed by atoms with van der Waals surface area (Å²) in [4.78, 5) is 29.2. The minimum absolute atomic E-state index is 0.00766. The number of benzene rings is 1. The molecule has 0 spiro atoms. The zero-order chi connectivity index (χ0) is 15.9. The molecule has 0 bridgehead atoms. The fraction of sp³-hybridized carbons (Fsp3) is 0.188. The van der Waals surface area contributed by atoms with E-state index < -0.39 is 0 Å². The highest BCUT2D eigenvalue weighted by molar-refractivity contribution is 9.10. The second-order valence-electron chi connectivity index (χ2n) is 4.79. The van der Waals surface area contributed by atoms with Gasteiger partial charge >= 0.3 is 0 Å². The van der Waals surface area contributed by atoms with Gasteiger partial charge in [-0.25, -0.2) is 0 Å². The van der Waals surface area contributed by atoms with Gasteiger partial charge in [-0.3, -0.25) is 14.6 Å². The first-order chi connectivity index (χ1) is 10.5. The van der Waals surface area contributed by atoms with E-state index in [2.05, 4.69) is 26.2 Å². The minimum atomic E-state index is -0.230. The van der Waals surface area contributed by atoms with Crippen LogP contribution in [0.15, 0.2) is 53.3 Å². The molecule has 0 aliphatic rings. The van der Waals surface area contributed by atoms with Crippen molar-refractivity contribution in [3.05, 3.63) is 58.8 Å². The summed E-state index contributed by atoms with van der Waals surface area (Å²) in [5.74, 6) is -0.380. The molecule has 2 aromatic rings. The average Bonchev–Trinajstić information content (AvgIpc) is 2.50. The molecule has 6 heteroatoms. The maximum Gasteiger partial charge on any atom is 0.244 e. The first-order valence-corrected chi connectivity index (χ1v) is 7.54. The van der Waals surface area contributed by atoms with E-state index in [1.54, 1.807) is 24.5 Å². The SMILES string of the molecule is CC(=O)N(CC(=O)Nc1ccc(Br)cc1)Cc1ccncc1. The van der Waals surface area contributed by atoms with Gasteiger partial charge in [-0.2, -0.15) is 0 Å². The van der Waals surface area contributed by atoms with E-state index in [0.717, 1.165) is 10.0 Å². The van der Waals surface area contributed by atoms with Crippen LogP contribution >= 0.6 is 15.9 Å². The molecule has 0 unspecified atom stereocenters. The number of rotatable bonds is 5. The molecule has 1 aromatic carbocycles. The summed E-state index contributed by atoms with van der Waals surface area (Å²) in [5.41, 5.74) is 1.63. The molecule has 2 rings (SSSR count). The molecule has 0 fully saturated rings. The number of anilines is 1. The van der Waals surface area contributed by atoms with Gasteiger partial charge in [0, 0.05) is 36.0 Å². The summed E-state index contributed by atoms with van der Waals surface area (Å²) in [5, 5.41) is 2.77. The summed E-state index contributed by atoms with van der Waals surface area (Å²) >= 11 is 3.34. The lowest BCUT2D eigenvalue weighted by atomic mass is 10.2. The predicted octanol–water partition coefficient (Wildman–Crippen LogP) is 2.83. The summed E-state index contributed by atoms with van der Waals surface area (Å²) < 4.78 is 0.938. The third kappa shape index (κ3) is 4.96. The number of nitrogens with zero attached hydrogens (tertiary/aromatic N) is 2. The molecule has 1 heterocycles. The van der Waals surface area contributed by atoms with Gasteiger partial charge in [-0.15, -0.1) is 0 Å². The Kier molecular flexibility index (Phi) is 5.66. The minimum Gasteiger partial charge on any atom is -0.329 e. The van der Waals surface area contributed by atoms with Gasteiger partial charge in [0.1, 0.15) is 6.54 Å². The normalized spacial score (nSPS) is 10.1. The van der Waals surface area contributed by atoms with Crippen LogP contribution in [0.4, 0.5) is 5.69 Å². The van der Waals surface area contributed by atoms with Crippen LogP contribution in [0.3, 0.4) is 0 Å². The average molecular weight is 362 g/mol. The topological polar surface area (TPSA) is 62.3 Å². The number of carbonyl (C=O) groups is 2. The van der Waals surface area contributed by atoms with Crippen molar-refractivity contribution in [3.63, 3.8) is 0 Å². The molecular formula is C16H16BrN3O2. The van der Waals surface area contributed by atoms with E-state index in [1.807, 2.05) is 24.3 Å². The summed E-state index contributed by atoms with van der Waals surface area (Å²) in [6.45, 7) is 1.84. The number of carbonyl (C=O) groups excluding carboxylic acids is 2. The Hall–Kier alpha value is -2.21. The van der Waals surface area contributed by atoms with Gasteiger partial charge in [0.25, 0.3) is 0 Å². The molecule has 22 heavy (non-hydrogen) atoms. The Morgan fingerprint density at radius 2 is 1.77 bits per heavy atom. The lowest BCUT2D eigenvalue weighted by molar-refractivity contribution is -0.133. The number of pyridine rings is 1. The van der Waals surface area contributed by atoms with Gasteiger partial charge in [0.15, 0.2) is 0 Å². The van der Waals surface area contributed by atoms with Gasteiger partial charge in [-0.05, 0) is 42.0 Å².